The summed E-state index contributed by atoms with van der Waals surface area (Å²) in [6.45, 7) is 2.95. The molecule has 0 saturated carbocycles. The van der Waals surface area contributed by atoms with Crippen LogP contribution in [0.5, 0.6) is 11.5 Å². The van der Waals surface area contributed by atoms with Crippen molar-refractivity contribution in [2.45, 2.75) is 32.2 Å². The van der Waals surface area contributed by atoms with E-state index < -0.39 is 0 Å². The fourth-order valence-electron chi connectivity index (χ4n) is 3.70. The molecule has 3 rings (SSSR count). The summed E-state index contributed by atoms with van der Waals surface area (Å²) in [5, 5.41) is 0. The Bertz CT molecular complexity index is 744. The van der Waals surface area contributed by atoms with E-state index in [1.54, 1.807) is 14.2 Å². The van der Waals surface area contributed by atoms with Crippen LogP contribution in [0, 0.1) is 5.92 Å². The molecule has 0 aliphatic carbocycles. The standard InChI is InChI=1S/C22H27NO3/c1-16(18-7-5-4-6-8-18)23-14-13-19(22(23)24)11-9-17-10-12-20(25-2)21(15-17)26-3/h4-8,10,12,15-16,19H,9,11,13-14H2,1-3H3/t16-,19+/m0/s1. The molecule has 0 aromatic heterocycles. The molecular weight excluding hydrogens is 326 g/mol. The smallest absolute Gasteiger partial charge is 0.226 e. The van der Waals surface area contributed by atoms with Crippen LogP contribution in [-0.4, -0.2) is 31.6 Å². The average molecular weight is 353 g/mol. The molecule has 0 radical (unpaired) electrons. The molecule has 4 nitrogen and oxygen atoms in total. The summed E-state index contributed by atoms with van der Waals surface area (Å²) in [5.41, 5.74) is 2.37. The fourth-order valence-corrected chi connectivity index (χ4v) is 3.70. The molecule has 0 spiro atoms. The third-order valence-electron chi connectivity index (χ3n) is 5.33. The first-order chi connectivity index (χ1) is 12.6. The second kappa shape index (κ2) is 8.26. The molecule has 138 valence electrons. The van der Waals surface area contributed by atoms with Gasteiger partial charge in [-0.25, -0.2) is 0 Å². The van der Waals surface area contributed by atoms with Gasteiger partial charge in [-0.3, -0.25) is 4.79 Å². The number of hydrogen-bond donors (Lipinski definition) is 0. The van der Waals surface area contributed by atoms with Gasteiger partial charge in [-0.05, 0) is 49.4 Å². The molecule has 1 aliphatic heterocycles. The summed E-state index contributed by atoms with van der Waals surface area (Å²) in [6.07, 6.45) is 2.67. The first-order valence-electron chi connectivity index (χ1n) is 9.20. The van der Waals surface area contributed by atoms with E-state index in [4.69, 9.17) is 9.47 Å². The molecular formula is C22H27NO3. The van der Waals surface area contributed by atoms with Crippen molar-refractivity contribution in [3.05, 3.63) is 59.7 Å². The van der Waals surface area contributed by atoms with E-state index in [0.29, 0.717) is 0 Å². The SMILES string of the molecule is COc1ccc(CC[C@@H]2CCN([C@@H](C)c3ccccc3)C2=O)cc1OC. The van der Waals surface area contributed by atoms with Crippen molar-refractivity contribution in [1.29, 1.82) is 0 Å². The van der Waals surface area contributed by atoms with Crippen molar-refractivity contribution in [2.75, 3.05) is 20.8 Å². The fraction of sp³-hybridized carbons (Fsp3) is 0.409. The Labute approximate surface area is 155 Å². The first kappa shape index (κ1) is 18.3. The topological polar surface area (TPSA) is 38.8 Å². The number of rotatable bonds is 7. The molecule has 1 saturated heterocycles. The molecule has 0 N–H and O–H groups in total. The van der Waals surface area contributed by atoms with Crippen LogP contribution >= 0.6 is 0 Å². The highest BCUT2D eigenvalue weighted by Crippen LogP contribution is 2.32. The van der Waals surface area contributed by atoms with Crippen molar-refractivity contribution in [3.8, 4) is 11.5 Å². The van der Waals surface area contributed by atoms with E-state index in [1.165, 1.54) is 11.1 Å². The maximum atomic E-state index is 12.8. The van der Waals surface area contributed by atoms with Crippen LogP contribution in [0.1, 0.15) is 36.9 Å². The summed E-state index contributed by atoms with van der Waals surface area (Å²) < 4.78 is 10.7. The van der Waals surface area contributed by atoms with Gasteiger partial charge in [0.1, 0.15) is 0 Å². The summed E-state index contributed by atoms with van der Waals surface area (Å²) >= 11 is 0. The number of nitrogens with zero attached hydrogens (tertiary/aromatic N) is 1. The van der Waals surface area contributed by atoms with E-state index in [1.807, 2.05) is 41.3 Å². The van der Waals surface area contributed by atoms with Crippen LogP contribution in [0.4, 0.5) is 0 Å². The minimum Gasteiger partial charge on any atom is -0.493 e. The van der Waals surface area contributed by atoms with Gasteiger partial charge in [-0.1, -0.05) is 36.4 Å². The first-order valence-corrected chi connectivity index (χ1v) is 9.20. The lowest BCUT2D eigenvalue weighted by Crippen LogP contribution is -2.30. The highest BCUT2D eigenvalue weighted by atomic mass is 16.5. The quantitative estimate of drug-likeness (QED) is 0.747. The molecule has 4 heteroatoms. The number of ether oxygens (including phenoxy) is 2. The van der Waals surface area contributed by atoms with Gasteiger partial charge in [0.2, 0.25) is 5.91 Å². The van der Waals surface area contributed by atoms with E-state index in [0.717, 1.165) is 37.3 Å². The molecule has 1 heterocycles. The molecule has 2 aromatic rings. The van der Waals surface area contributed by atoms with E-state index in [2.05, 4.69) is 19.1 Å². The van der Waals surface area contributed by atoms with Crippen LogP contribution in [0.2, 0.25) is 0 Å². The van der Waals surface area contributed by atoms with Crippen molar-refractivity contribution in [3.63, 3.8) is 0 Å². The van der Waals surface area contributed by atoms with Gasteiger partial charge >= 0.3 is 0 Å². The largest absolute Gasteiger partial charge is 0.493 e. The maximum absolute atomic E-state index is 12.8. The molecule has 2 atom stereocenters. The van der Waals surface area contributed by atoms with Gasteiger partial charge in [0.05, 0.1) is 20.3 Å². The van der Waals surface area contributed by atoms with Crippen LogP contribution in [0.25, 0.3) is 0 Å². The monoisotopic (exact) mass is 353 g/mol. The van der Waals surface area contributed by atoms with Gasteiger partial charge in [0.25, 0.3) is 0 Å². The molecule has 0 unspecified atom stereocenters. The summed E-state index contributed by atoms with van der Waals surface area (Å²) in [6, 6.07) is 16.4. The Hall–Kier alpha value is -2.49. The summed E-state index contributed by atoms with van der Waals surface area (Å²) in [7, 11) is 3.28. The van der Waals surface area contributed by atoms with Gasteiger partial charge < -0.3 is 14.4 Å². The highest BCUT2D eigenvalue weighted by Gasteiger charge is 2.34. The number of hydrogen-bond acceptors (Lipinski definition) is 3. The van der Waals surface area contributed by atoms with E-state index in [9.17, 15) is 4.79 Å². The molecule has 2 aromatic carbocycles. The van der Waals surface area contributed by atoms with Crippen LogP contribution < -0.4 is 9.47 Å². The predicted octanol–water partition coefficient (Wildman–Crippen LogP) is 4.25. The number of aryl methyl sites for hydroxylation is 1. The maximum Gasteiger partial charge on any atom is 0.226 e. The minimum atomic E-state index is 0.106. The number of amides is 1. The molecule has 26 heavy (non-hydrogen) atoms. The number of likely N-dealkylation sites (tertiary alicyclic amines) is 1. The summed E-state index contributed by atoms with van der Waals surface area (Å²) in [4.78, 5) is 14.9. The Morgan fingerprint density at radius 3 is 2.50 bits per heavy atom. The third kappa shape index (κ3) is 3.85. The van der Waals surface area contributed by atoms with Crippen LogP contribution in [0.15, 0.2) is 48.5 Å². The Kier molecular flexibility index (Phi) is 5.82. The zero-order valence-corrected chi connectivity index (χ0v) is 15.8. The lowest BCUT2D eigenvalue weighted by Gasteiger charge is -2.25. The minimum absolute atomic E-state index is 0.106. The molecule has 0 bridgehead atoms. The number of methoxy groups -OCH3 is 2. The van der Waals surface area contributed by atoms with Crippen LogP contribution in [-0.2, 0) is 11.2 Å². The van der Waals surface area contributed by atoms with E-state index in [-0.39, 0.29) is 17.9 Å². The van der Waals surface area contributed by atoms with Crippen LogP contribution in [0.3, 0.4) is 0 Å². The predicted molar refractivity (Wildman–Crippen MR) is 103 cm³/mol. The lowest BCUT2D eigenvalue weighted by atomic mass is 9.98. The summed E-state index contributed by atoms with van der Waals surface area (Å²) in [5.74, 6) is 1.86. The Morgan fingerprint density at radius 2 is 1.81 bits per heavy atom. The van der Waals surface area contributed by atoms with Gasteiger partial charge in [0.15, 0.2) is 11.5 Å². The number of carbonyl (C=O) groups excluding carboxylic acids is 1. The number of carbonyl (C=O) groups is 1. The van der Waals surface area contributed by atoms with Crippen molar-refractivity contribution >= 4 is 5.91 Å². The lowest BCUT2D eigenvalue weighted by molar-refractivity contribution is -0.132. The van der Waals surface area contributed by atoms with Crippen molar-refractivity contribution in [2.24, 2.45) is 5.92 Å². The normalized spacial score (nSPS) is 18.0. The zero-order valence-electron chi connectivity index (χ0n) is 15.8. The molecule has 1 fully saturated rings. The second-order valence-electron chi connectivity index (χ2n) is 6.83. The van der Waals surface area contributed by atoms with Gasteiger partial charge in [0, 0.05) is 12.5 Å². The second-order valence-corrected chi connectivity index (χ2v) is 6.83. The number of benzene rings is 2. The van der Waals surface area contributed by atoms with E-state index >= 15 is 0 Å². The Balaban J connectivity index is 1.61. The molecule has 1 aliphatic rings. The Morgan fingerprint density at radius 1 is 1.08 bits per heavy atom. The zero-order chi connectivity index (χ0) is 18.5. The van der Waals surface area contributed by atoms with Gasteiger partial charge in [-0.2, -0.15) is 0 Å². The van der Waals surface area contributed by atoms with Gasteiger partial charge in [-0.15, -0.1) is 0 Å². The van der Waals surface area contributed by atoms with Crippen molar-refractivity contribution in [1.82, 2.24) is 4.90 Å². The third-order valence-corrected chi connectivity index (χ3v) is 5.33. The average Bonchev–Trinajstić information content (AvgIpc) is 3.06. The van der Waals surface area contributed by atoms with Crippen molar-refractivity contribution < 1.29 is 14.3 Å². The molecule has 1 amide bonds. The highest BCUT2D eigenvalue weighted by molar-refractivity contribution is 5.81.